The van der Waals surface area contributed by atoms with Crippen molar-refractivity contribution in [1.29, 1.82) is 0 Å². The number of rotatable bonds is 2. The zero-order chi connectivity index (χ0) is 12.5. The Morgan fingerprint density at radius 3 is 3.11 bits per heavy atom. The molecule has 0 bridgehead atoms. The first kappa shape index (κ1) is 11.4. The van der Waals surface area contributed by atoms with Crippen LogP contribution >= 0.6 is 11.3 Å². The minimum absolute atomic E-state index is 0.0267. The van der Waals surface area contributed by atoms with Crippen LogP contribution in [0.15, 0.2) is 16.9 Å². The summed E-state index contributed by atoms with van der Waals surface area (Å²) < 4.78 is 0. The van der Waals surface area contributed by atoms with Gasteiger partial charge in [-0.15, -0.1) is 10.2 Å². The number of anilines is 1. The Morgan fingerprint density at radius 1 is 1.44 bits per heavy atom. The lowest BCUT2D eigenvalue weighted by molar-refractivity contribution is 0.586. The van der Waals surface area contributed by atoms with Crippen molar-refractivity contribution < 1.29 is 0 Å². The molecule has 0 radical (unpaired) electrons. The van der Waals surface area contributed by atoms with Gasteiger partial charge in [-0.2, -0.15) is 0 Å². The van der Waals surface area contributed by atoms with E-state index in [2.05, 4.69) is 20.5 Å². The SMILES string of the molecule is Cc1nnc(NC2CCCc3[nH]c(=O)ccc32)s1. The maximum absolute atomic E-state index is 11.3. The Balaban J connectivity index is 1.89. The highest BCUT2D eigenvalue weighted by molar-refractivity contribution is 7.15. The lowest BCUT2D eigenvalue weighted by Crippen LogP contribution is -2.21. The van der Waals surface area contributed by atoms with Crippen molar-refractivity contribution in [2.75, 3.05) is 5.32 Å². The van der Waals surface area contributed by atoms with Gasteiger partial charge in [-0.3, -0.25) is 4.79 Å². The summed E-state index contributed by atoms with van der Waals surface area (Å²) in [5.41, 5.74) is 2.20. The molecule has 1 aliphatic rings. The predicted molar refractivity (Wildman–Crippen MR) is 71.0 cm³/mol. The van der Waals surface area contributed by atoms with E-state index in [1.54, 1.807) is 17.4 Å². The Bertz CT molecular complexity index is 619. The van der Waals surface area contributed by atoms with Gasteiger partial charge in [0.05, 0.1) is 6.04 Å². The van der Waals surface area contributed by atoms with Gasteiger partial charge in [-0.05, 0) is 37.8 Å². The minimum Gasteiger partial charge on any atom is -0.353 e. The van der Waals surface area contributed by atoms with E-state index >= 15 is 0 Å². The van der Waals surface area contributed by atoms with E-state index in [0.29, 0.717) is 0 Å². The molecule has 2 heterocycles. The van der Waals surface area contributed by atoms with E-state index in [9.17, 15) is 4.79 Å². The number of fused-ring (bicyclic) bond motifs is 1. The Kier molecular flexibility index (Phi) is 2.87. The van der Waals surface area contributed by atoms with Gasteiger partial charge in [0.25, 0.3) is 0 Å². The van der Waals surface area contributed by atoms with Gasteiger partial charge >= 0.3 is 0 Å². The van der Waals surface area contributed by atoms with Crippen LogP contribution in [-0.2, 0) is 6.42 Å². The highest BCUT2D eigenvalue weighted by atomic mass is 32.1. The van der Waals surface area contributed by atoms with Crippen LogP contribution in [0.3, 0.4) is 0 Å². The molecule has 2 N–H and O–H groups in total. The fourth-order valence-corrected chi connectivity index (χ4v) is 3.00. The van der Waals surface area contributed by atoms with Gasteiger partial charge in [0, 0.05) is 11.8 Å². The Morgan fingerprint density at radius 2 is 2.33 bits per heavy atom. The van der Waals surface area contributed by atoms with Crippen LogP contribution in [0.1, 0.15) is 35.1 Å². The van der Waals surface area contributed by atoms with Gasteiger partial charge in [0.2, 0.25) is 10.7 Å². The summed E-state index contributed by atoms with van der Waals surface area (Å²) in [5.74, 6) is 0. The third-order valence-corrected chi connectivity index (χ3v) is 3.93. The average Bonchev–Trinajstić information content (AvgIpc) is 2.75. The highest BCUT2D eigenvalue weighted by Crippen LogP contribution is 2.31. The fraction of sp³-hybridized carbons (Fsp3) is 0.417. The maximum atomic E-state index is 11.3. The first-order valence-electron chi connectivity index (χ1n) is 6.01. The first-order valence-corrected chi connectivity index (χ1v) is 6.83. The van der Waals surface area contributed by atoms with E-state index in [1.807, 2.05) is 13.0 Å². The molecular weight excluding hydrogens is 248 g/mol. The lowest BCUT2D eigenvalue weighted by Gasteiger charge is -2.25. The number of aromatic nitrogens is 3. The van der Waals surface area contributed by atoms with Gasteiger partial charge in [-0.25, -0.2) is 0 Å². The molecule has 94 valence electrons. The molecule has 18 heavy (non-hydrogen) atoms. The molecule has 0 aromatic carbocycles. The zero-order valence-corrected chi connectivity index (χ0v) is 10.9. The molecule has 0 aliphatic heterocycles. The third kappa shape index (κ3) is 2.15. The fourth-order valence-electron chi connectivity index (χ4n) is 2.35. The van der Waals surface area contributed by atoms with Crippen LogP contribution in [0.5, 0.6) is 0 Å². The van der Waals surface area contributed by atoms with Crippen molar-refractivity contribution in [1.82, 2.24) is 15.2 Å². The van der Waals surface area contributed by atoms with Crippen LogP contribution in [0.4, 0.5) is 5.13 Å². The first-order chi connectivity index (χ1) is 8.72. The Hall–Kier alpha value is -1.69. The summed E-state index contributed by atoms with van der Waals surface area (Å²) in [6.07, 6.45) is 3.07. The van der Waals surface area contributed by atoms with Crippen LogP contribution < -0.4 is 10.9 Å². The van der Waals surface area contributed by atoms with E-state index in [4.69, 9.17) is 0 Å². The third-order valence-electron chi connectivity index (χ3n) is 3.16. The van der Waals surface area contributed by atoms with Crippen molar-refractivity contribution >= 4 is 16.5 Å². The number of nitrogens with zero attached hydrogens (tertiary/aromatic N) is 2. The number of aromatic amines is 1. The van der Waals surface area contributed by atoms with Gasteiger partial charge < -0.3 is 10.3 Å². The summed E-state index contributed by atoms with van der Waals surface area (Å²) in [4.78, 5) is 14.2. The largest absolute Gasteiger partial charge is 0.353 e. The molecule has 0 spiro atoms. The van der Waals surface area contributed by atoms with E-state index in [0.717, 1.165) is 35.1 Å². The summed E-state index contributed by atoms with van der Waals surface area (Å²) in [6, 6.07) is 3.72. The molecule has 2 aromatic heterocycles. The van der Waals surface area contributed by atoms with Crippen molar-refractivity contribution in [2.24, 2.45) is 0 Å². The smallest absolute Gasteiger partial charge is 0.248 e. The molecule has 5 nitrogen and oxygen atoms in total. The number of hydrogen-bond donors (Lipinski definition) is 2. The van der Waals surface area contributed by atoms with Crippen LogP contribution in [-0.4, -0.2) is 15.2 Å². The molecule has 3 rings (SSSR count). The second-order valence-electron chi connectivity index (χ2n) is 4.47. The second kappa shape index (κ2) is 4.53. The molecule has 0 amide bonds. The molecule has 6 heteroatoms. The van der Waals surface area contributed by atoms with Crippen molar-refractivity contribution in [3.63, 3.8) is 0 Å². The number of pyridine rings is 1. The van der Waals surface area contributed by atoms with Gasteiger partial charge in [0.1, 0.15) is 5.01 Å². The predicted octanol–water partition coefficient (Wildman–Crippen LogP) is 2.02. The monoisotopic (exact) mass is 262 g/mol. The van der Waals surface area contributed by atoms with Crippen molar-refractivity contribution in [3.8, 4) is 0 Å². The molecule has 0 fully saturated rings. The molecular formula is C12H14N4OS. The quantitative estimate of drug-likeness (QED) is 0.868. The van der Waals surface area contributed by atoms with Crippen molar-refractivity contribution in [3.05, 3.63) is 38.8 Å². The highest BCUT2D eigenvalue weighted by Gasteiger charge is 2.21. The Labute approximate surface area is 108 Å². The van der Waals surface area contributed by atoms with E-state index in [1.165, 1.54) is 5.56 Å². The van der Waals surface area contributed by atoms with Crippen molar-refractivity contribution in [2.45, 2.75) is 32.2 Å². The molecule has 1 aliphatic carbocycles. The molecule has 1 atom stereocenters. The number of nitrogens with one attached hydrogen (secondary N) is 2. The molecule has 0 saturated heterocycles. The average molecular weight is 262 g/mol. The summed E-state index contributed by atoms with van der Waals surface area (Å²) in [6.45, 7) is 1.94. The summed E-state index contributed by atoms with van der Waals surface area (Å²) >= 11 is 1.55. The maximum Gasteiger partial charge on any atom is 0.248 e. The summed E-state index contributed by atoms with van der Waals surface area (Å²) in [5, 5.41) is 13.3. The zero-order valence-electron chi connectivity index (χ0n) is 10.1. The van der Waals surface area contributed by atoms with E-state index < -0.39 is 0 Å². The summed E-state index contributed by atoms with van der Waals surface area (Å²) in [7, 11) is 0. The normalized spacial score (nSPS) is 18.4. The molecule has 2 aromatic rings. The van der Waals surface area contributed by atoms with Crippen LogP contribution in [0.2, 0.25) is 0 Å². The van der Waals surface area contributed by atoms with Crippen LogP contribution in [0.25, 0.3) is 0 Å². The minimum atomic E-state index is -0.0267. The lowest BCUT2D eigenvalue weighted by atomic mass is 9.91. The second-order valence-corrected chi connectivity index (χ2v) is 5.65. The van der Waals surface area contributed by atoms with E-state index in [-0.39, 0.29) is 11.6 Å². The van der Waals surface area contributed by atoms with Crippen LogP contribution in [0, 0.1) is 6.92 Å². The number of hydrogen-bond acceptors (Lipinski definition) is 5. The molecule has 1 unspecified atom stereocenters. The standard InChI is InChI=1S/C12H14N4OS/c1-7-15-16-12(18-7)14-10-4-2-3-9-8(10)5-6-11(17)13-9/h5-6,10H,2-4H2,1H3,(H,13,17)(H,14,16). The van der Waals surface area contributed by atoms with Gasteiger partial charge in [0.15, 0.2) is 0 Å². The number of H-pyrrole nitrogens is 1. The number of aryl methyl sites for hydroxylation is 2. The molecule has 0 saturated carbocycles. The topological polar surface area (TPSA) is 70.7 Å². The van der Waals surface area contributed by atoms with Gasteiger partial charge in [-0.1, -0.05) is 11.3 Å².